The number of nitrogens with zero attached hydrogens (tertiary/aromatic N) is 1. The number of aliphatic hydroxyl groups is 2. The van der Waals surface area contributed by atoms with E-state index in [-0.39, 0.29) is 23.1 Å². The Kier molecular flexibility index (Phi) is 6.28. The average molecular weight is 564 g/mol. The fourth-order valence-electron chi connectivity index (χ4n) is 6.62. The van der Waals surface area contributed by atoms with E-state index >= 15 is 0 Å². The molecular weight excluding hydrogens is 526 g/mol. The second-order valence-electron chi connectivity index (χ2n) is 12.3. The number of nitrogens with one attached hydrogen (secondary N) is 2. The number of fused-ring (bicyclic) bond motifs is 1. The van der Waals surface area contributed by atoms with E-state index in [2.05, 4.69) is 10.2 Å². The zero-order chi connectivity index (χ0) is 28.7. The van der Waals surface area contributed by atoms with Crippen LogP contribution in [0.3, 0.4) is 0 Å². The highest BCUT2D eigenvalue weighted by atomic mass is 32.2. The van der Waals surface area contributed by atoms with E-state index in [1.165, 1.54) is 33.6 Å². The first-order valence-corrected chi connectivity index (χ1v) is 15.1. The Balaban J connectivity index is 1.52. The molecule has 5 rings (SSSR count). The molecule has 39 heavy (non-hydrogen) atoms. The molecule has 0 unspecified atom stereocenters. The number of ether oxygens (including phenoxy) is 1. The summed E-state index contributed by atoms with van der Waals surface area (Å²) in [4.78, 5) is 28.0. The number of carbonyl (C=O) groups is 2. The van der Waals surface area contributed by atoms with E-state index in [9.17, 15) is 33.3 Å². The van der Waals surface area contributed by atoms with Crippen molar-refractivity contribution in [1.29, 1.82) is 0 Å². The Morgan fingerprint density at radius 3 is 2.54 bits per heavy atom. The monoisotopic (exact) mass is 563 g/mol. The minimum absolute atomic E-state index is 0.112. The molecule has 1 aromatic rings. The molecule has 2 heterocycles. The van der Waals surface area contributed by atoms with Crippen LogP contribution in [0.25, 0.3) is 0 Å². The first-order chi connectivity index (χ1) is 18.0. The van der Waals surface area contributed by atoms with Gasteiger partial charge in [0.05, 0.1) is 22.8 Å². The summed E-state index contributed by atoms with van der Waals surface area (Å²) >= 11 is 0. The predicted molar refractivity (Wildman–Crippen MR) is 142 cm³/mol. The van der Waals surface area contributed by atoms with Gasteiger partial charge in [-0.2, -0.15) is 0 Å². The summed E-state index contributed by atoms with van der Waals surface area (Å²) < 4.78 is 31.1. The Labute approximate surface area is 228 Å². The van der Waals surface area contributed by atoms with E-state index in [0.717, 1.165) is 18.4 Å². The zero-order valence-electron chi connectivity index (χ0n) is 22.9. The Hall–Kier alpha value is -2.83. The third-order valence-corrected chi connectivity index (χ3v) is 9.54. The number of piperidine rings is 1. The van der Waals surface area contributed by atoms with Crippen LogP contribution in [-0.2, 0) is 31.4 Å². The van der Waals surface area contributed by atoms with Crippen molar-refractivity contribution in [3.63, 3.8) is 0 Å². The van der Waals surface area contributed by atoms with Crippen molar-refractivity contribution in [1.82, 2.24) is 14.9 Å². The maximum atomic E-state index is 13.2. The molecule has 1 spiro atoms. The molecule has 0 radical (unpaired) electrons. The standard InChI is InChI=1S/C27H37N3O8S/c1-14(23(33)28-25(2,3)24(34)29-39(5,36)37)20(32)22-27-10-11-30(13-15-6-7-15)18(26(27,4)35)12-16-8-9-17(31)21(38-22)19(16)27/h8-9,15,18,22,31-32,35H,6-7,10-13H2,1-5H3,(H,28,33)(H,29,34)/b20-14-/t18-,22+,26-,27+/m1/s1. The number of likely N-dealkylation sites (tertiary alicyclic amines) is 1. The molecule has 2 amide bonds. The smallest absolute Gasteiger partial charge is 0.258 e. The zero-order valence-corrected chi connectivity index (χ0v) is 23.7. The summed E-state index contributed by atoms with van der Waals surface area (Å²) in [7, 11) is -3.85. The number of aliphatic hydroxyl groups excluding tert-OH is 1. The number of amides is 2. The number of aromatic hydroxyl groups is 1. The number of phenolic OH excluding ortho intramolecular Hbond substituents is 1. The van der Waals surface area contributed by atoms with Gasteiger partial charge in [-0.1, -0.05) is 6.07 Å². The fourth-order valence-corrected chi connectivity index (χ4v) is 7.21. The van der Waals surface area contributed by atoms with Crippen molar-refractivity contribution in [2.75, 3.05) is 19.3 Å². The van der Waals surface area contributed by atoms with Crippen LogP contribution < -0.4 is 14.8 Å². The molecule has 2 aliphatic heterocycles. The maximum absolute atomic E-state index is 13.2. The molecule has 1 aromatic carbocycles. The second-order valence-corrected chi connectivity index (χ2v) is 14.0. The maximum Gasteiger partial charge on any atom is 0.258 e. The Morgan fingerprint density at radius 2 is 1.92 bits per heavy atom. The summed E-state index contributed by atoms with van der Waals surface area (Å²) in [6.45, 7) is 7.34. The van der Waals surface area contributed by atoms with Crippen molar-refractivity contribution in [2.45, 2.75) is 82.1 Å². The van der Waals surface area contributed by atoms with Crippen LogP contribution in [0, 0.1) is 5.92 Å². The highest BCUT2D eigenvalue weighted by Crippen LogP contribution is 2.63. The summed E-state index contributed by atoms with van der Waals surface area (Å²) in [6.07, 6.45) is 3.00. The van der Waals surface area contributed by atoms with Crippen LogP contribution in [-0.4, -0.2) is 83.1 Å². The van der Waals surface area contributed by atoms with Gasteiger partial charge < -0.3 is 25.4 Å². The second kappa shape index (κ2) is 8.84. The van der Waals surface area contributed by atoms with Crippen molar-refractivity contribution < 1.29 is 38.1 Å². The van der Waals surface area contributed by atoms with Gasteiger partial charge in [0.1, 0.15) is 11.3 Å². The largest absolute Gasteiger partial charge is 0.508 e. The minimum Gasteiger partial charge on any atom is -0.508 e. The number of sulfonamides is 1. The lowest BCUT2D eigenvalue weighted by Gasteiger charge is -2.59. The average Bonchev–Trinajstić information content (AvgIpc) is 3.56. The SMILES string of the molecule is C/C(C(=O)NC(C)(C)C(=O)NS(C)(=O)=O)=C(/O)[C@@H]1Oc2c(O)ccc3c2[C@@]12CCN(CC1CC1)[C@H](C3)[C@@]2(C)O. The third-order valence-electron chi connectivity index (χ3n) is 8.99. The molecule has 214 valence electrons. The van der Waals surface area contributed by atoms with Crippen LogP contribution in [0.5, 0.6) is 11.5 Å². The molecule has 0 aromatic heterocycles. The molecule has 12 heteroatoms. The topological polar surface area (TPSA) is 166 Å². The van der Waals surface area contributed by atoms with Crippen LogP contribution in [0.15, 0.2) is 23.5 Å². The molecule has 11 nitrogen and oxygen atoms in total. The van der Waals surface area contributed by atoms with Gasteiger partial charge in [-0.25, -0.2) is 8.42 Å². The van der Waals surface area contributed by atoms with Crippen LogP contribution in [0.4, 0.5) is 0 Å². The Bertz CT molecular complexity index is 1380. The van der Waals surface area contributed by atoms with Crippen molar-refractivity contribution in [3.8, 4) is 11.5 Å². The lowest BCUT2D eigenvalue weighted by Crippen LogP contribution is -2.73. The van der Waals surface area contributed by atoms with E-state index in [0.29, 0.717) is 30.9 Å². The highest BCUT2D eigenvalue weighted by molar-refractivity contribution is 7.89. The van der Waals surface area contributed by atoms with Gasteiger partial charge in [-0.3, -0.25) is 19.2 Å². The molecular formula is C27H37N3O8S. The van der Waals surface area contributed by atoms with Crippen molar-refractivity contribution in [3.05, 3.63) is 34.6 Å². The number of hydrogen-bond acceptors (Lipinski definition) is 9. The van der Waals surface area contributed by atoms with E-state index < -0.39 is 50.3 Å². The molecule has 1 saturated heterocycles. The molecule has 2 aliphatic carbocycles. The normalized spacial score (nSPS) is 30.6. The molecule has 2 fully saturated rings. The molecule has 4 atom stereocenters. The summed E-state index contributed by atoms with van der Waals surface area (Å²) in [5, 5.41) is 37.0. The summed E-state index contributed by atoms with van der Waals surface area (Å²) in [5.74, 6) is -1.47. The van der Waals surface area contributed by atoms with Gasteiger partial charge in [0.2, 0.25) is 10.0 Å². The van der Waals surface area contributed by atoms with Gasteiger partial charge >= 0.3 is 0 Å². The first kappa shape index (κ1) is 27.7. The molecule has 2 bridgehead atoms. The van der Waals surface area contributed by atoms with Crippen molar-refractivity contribution >= 4 is 21.8 Å². The van der Waals surface area contributed by atoms with E-state index in [1.54, 1.807) is 13.0 Å². The fraction of sp³-hybridized carbons (Fsp3) is 0.630. The quantitative estimate of drug-likeness (QED) is 0.240. The molecule has 5 N–H and O–H groups in total. The van der Waals surface area contributed by atoms with Gasteiger partial charge in [-0.05, 0) is 77.5 Å². The van der Waals surface area contributed by atoms with Crippen LogP contribution >= 0.6 is 0 Å². The van der Waals surface area contributed by atoms with Gasteiger partial charge in [0.25, 0.3) is 11.8 Å². The van der Waals surface area contributed by atoms with E-state index in [1.807, 2.05) is 10.8 Å². The van der Waals surface area contributed by atoms with Gasteiger partial charge in [-0.15, -0.1) is 0 Å². The minimum atomic E-state index is -3.85. The molecule has 1 saturated carbocycles. The summed E-state index contributed by atoms with van der Waals surface area (Å²) in [6, 6.07) is 3.14. The highest BCUT2D eigenvalue weighted by Gasteiger charge is 2.69. The van der Waals surface area contributed by atoms with Crippen LogP contribution in [0.1, 0.15) is 58.1 Å². The number of rotatable bonds is 7. The van der Waals surface area contributed by atoms with Gasteiger partial charge in [0, 0.05) is 18.2 Å². The third kappa shape index (κ3) is 4.36. The van der Waals surface area contributed by atoms with Crippen molar-refractivity contribution in [2.24, 2.45) is 5.92 Å². The lowest BCUT2D eigenvalue weighted by molar-refractivity contribution is -0.153. The lowest BCUT2D eigenvalue weighted by atomic mass is 9.53. The molecule has 4 aliphatic rings. The van der Waals surface area contributed by atoms with E-state index in [4.69, 9.17) is 4.74 Å². The number of hydrogen-bond donors (Lipinski definition) is 5. The number of phenols is 1. The Morgan fingerprint density at radius 1 is 1.26 bits per heavy atom. The first-order valence-electron chi connectivity index (χ1n) is 13.2. The predicted octanol–water partition coefficient (Wildman–Crippen LogP) is 0.985. The summed E-state index contributed by atoms with van der Waals surface area (Å²) in [5.41, 5.74) is -2.68. The van der Waals surface area contributed by atoms with Crippen LogP contribution in [0.2, 0.25) is 0 Å². The van der Waals surface area contributed by atoms with Gasteiger partial charge in [0.15, 0.2) is 17.6 Å². The number of benzene rings is 1. The number of carbonyl (C=O) groups excluding carboxylic acids is 2.